The first-order valence-electron chi connectivity index (χ1n) is 8.21. The zero-order valence-corrected chi connectivity index (χ0v) is 14.9. The summed E-state index contributed by atoms with van der Waals surface area (Å²) in [6.45, 7) is 7.54. The molecular weight excluding hydrogens is 322 g/mol. The van der Waals surface area contributed by atoms with Gasteiger partial charge in [-0.2, -0.15) is 0 Å². The molecule has 1 fully saturated rings. The number of rotatable bonds is 0. The lowest BCUT2D eigenvalue weighted by molar-refractivity contribution is 0.0705. The van der Waals surface area contributed by atoms with Crippen LogP contribution in [0.2, 0.25) is 0 Å². The number of amides is 1. The molecule has 4 nitrogen and oxygen atoms in total. The van der Waals surface area contributed by atoms with Crippen LogP contribution < -0.4 is 4.74 Å². The second-order valence-electron chi connectivity index (χ2n) is 7.65. The fourth-order valence-corrected chi connectivity index (χ4v) is 4.89. The summed E-state index contributed by atoms with van der Waals surface area (Å²) in [5.74, 6) is 0.861. The second-order valence-corrected chi connectivity index (χ2v) is 8.70. The Balaban J connectivity index is 1.89. The van der Waals surface area contributed by atoms with Crippen molar-refractivity contribution in [2.24, 2.45) is 0 Å². The number of nitrogens with zero attached hydrogens (tertiary/aromatic N) is 1. The van der Waals surface area contributed by atoms with E-state index in [0.29, 0.717) is 19.5 Å². The summed E-state index contributed by atoms with van der Waals surface area (Å²) >= 11 is 1.81. The first-order valence-corrected chi connectivity index (χ1v) is 9.03. The molecule has 1 N–H and O–H groups in total. The number of para-hydroxylation sites is 1. The van der Waals surface area contributed by atoms with Gasteiger partial charge < -0.3 is 14.7 Å². The van der Waals surface area contributed by atoms with E-state index in [1.165, 1.54) is 14.7 Å². The third-order valence-electron chi connectivity index (χ3n) is 4.90. The van der Waals surface area contributed by atoms with E-state index in [9.17, 15) is 9.90 Å². The minimum atomic E-state index is -0.873. The maximum absolute atomic E-state index is 11.4. The van der Waals surface area contributed by atoms with E-state index in [2.05, 4.69) is 32.9 Å². The smallest absolute Gasteiger partial charge is 0.407 e. The van der Waals surface area contributed by atoms with Crippen molar-refractivity contribution in [1.29, 1.82) is 0 Å². The van der Waals surface area contributed by atoms with Crippen LogP contribution in [-0.2, 0) is 11.0 Å². The van der Waals surface area contributed by atoms with Crippen molar-refractivity contribution in [3.05, 3.63) is 40.8 Å². The predicted molar refractivity (Wildman–Crippen MR) is 95.0 cm³/mol. The molecule has 1 aromatic heterocycles. The molecule has 0 radical (unpaired) electrons. The molecule has 1 amide bonds. The number of fused-ring (bicyclic) bond motifs is 4. The number of carbonyl (C=O) groups is 1. The van der Waals surface area contributed by atoms with Crippen molar-refractivity contribution in [2.75, 3.05) is 13.1 Å². The van der Waals surface area contributed by atoms with Gasteiger partial charge in [-0.1, -0.05) is 32.9 Å². The van der Waals surface area contributed by atoms with Gasteiger partial charge in [0.1, 0.15) is 5.75 Å². The molecule has 2 aliphatic rings. The van der Waals surface area contributed by atoms with Crippen molar-refractivity contribution in [2.45, 2.75) is 38.2 Å². The summed E-state index contributed by atoms with van der Waals surface area (Å²) in [4.78, 5) is 15.4. The molecule has 1 saturated heterocycles. The largest absolute Gasteiger partial charge is 0.480 e. The van der Waals surface area contributed by atoms with Crippen LogP contribution in [0.4, 0.5) is 4.79 Å². The molecule has 24 heavy (non-hydrogen) atoms. The van der Waals surface area contributed by atoms with Gasteiger partial charge in [-0.3, -0.25) is 0 Å². The Bertz CT molecular complexity index is 820. The minimum Gasteiger partial charge on any atom is -0.480 e. The van der Waals surface area contributed by atoms with E-state index >= 15 is 0 Å². The first-order chi connectivity index (χ1) is 11.3. The van der Waals surface area contributed by atoms with Crippen LogP contribution in [0.5, 0.6) is 5.75 Å². The molecule has 0 bridgehead atoms. The van der Waals surface area contributed by atoms with Gasteiger partial charge in [-0.25, -0.2) is 4.79 Å². The van der Waals surface area contributed by atoms with Crippen molar-refractivity contribution in [3.63, 3.8) is 0 Å². The number of thiophene rings is 1. The van der Waals surface area contributed by atoms with Gasteiger partial charge in [0.05, 0.1) is 6.54 Å². The number of benzene rings is 1. The highest BCUT2D eigenvalue weighted by molar-refractivity contribution is 7.16. The van der Waals surface area contributed by atoms with Crippen LogP contribution in [0.1, 0.15) is 37.6 Å². The average Bonchev–Trinajstić information content (AvgIpc) is 3.13. The van der Waals surface area contributed by atoms with Crippen molar-refractivity contribution < 1.29 is 14.6 Å². The lowest BCUT2D eigenvalue weighted by Gasteiger charge is -2.35. The van der Waals surface area contributed by atoms with Crippen LogP contribution in [0, 0.1) is 0 Å². The lowest BCUT2D eigenvalue weighted by atomic mass is 9.86. The molecular formula is C19H21NO3S. The van der Waals surface area contributed by atoms with Crippen LogP contribution in [-0.4, -0.2) is 29.2 Å². The Hall–Kier alpha value is -2.01. The normalized spacial score (nSPS) is 22.2. The first kappa shape index (κ1) is 15.5. The summed E-state index contributed by atoms with van der Waals surface area (Å²) in [6, 6.07) is 10.3. The van der Waals surface area contributed by atoms with Gasteiger partial charge in [0.25, 0.3) is 0 Å². The molecule has 126 valence electrons. The molecule has 5 heteroatoms. The monoisotopic (exact) mass is 343 g/mol. The highest BCUT2D eigenvalue weighted by Crippen LogP contribution is 2.53. The molecule has 1 aromatic carbocycles. The molecule has 1 spiro atoms. The molecule has 0 aliphatic carbocycles. The third kappa shape index (κ3) is 2.22. The van der Waals surface area contributed by atoms with E-state index < -0.39 is 11.7 Å². The topological polar surface area (TPSA) is 49.8 Å². The Labute approximate surface area is 145 Å². The summed E-state index contributed by atoms with van der Waals surface area (Å²) in [6.07, 6.45) is -0.178. The predicted octanol–water partition coefficient (Wildman–Crippen LogP) is 4.68. The lowest BCUT2D eigenvalue weighted by Crippen LogP contribution is -2.39. The van der Waals surface area contributed by atoms with E-state index in [-0.39, 0.29) is 5.41 Å². The summed E-state index contributed by atoms with van der Waals surface area (Å²) in [7, 11) is 0. The van der Waals surface area contributed by atoms with Crippen LogP contribution >= 0.6 is 11.3 Å². The number of carboxylic acid groups (broad SMARTS) is 1. The highest BCUT2D eigenvalue weighted by Gasteiger charge is 2.49. The standard InChI is InChI=1S/C19H21NO3S/c1-18(2,3)15-10-13-16(24-15)12-6-4-5-7-14(12)23-19(13)8-9-20(11-19)17(21)22/h4-7,10H,8-9,11H2,1-3H3,(H,21,22). The molecule has 2 aromatic rings. The van der Waals surface area contributed by atoms with Gasteiger partial charge in [-0.15, -0.1) is 11.3 Å². The van der Waals surface area contributed by atoms with Crippen molar-refractivity contribution in [3.8, 4) is 16.2 Å². The van der Waals surface area contributed by atoms with Crippen LogP contribution in [0.15, 0.2) is 30.3 Å². The van der Waals surface area contributed by atoms with Gasteiger partial charge in [0.2, 0.25) is 0 Å². The molecule has 1 unspecified atom stereocenters. The minimum absolute atomic E-state index is 0.0588. The maximum Gasteiger partial charge on any atom is 0.407 e. The number of ether oxygens (including phenoxy) is 1. The quantitative estimate of drug-likeness (QED) is 0.755. The summed E-state index contributed by atoms with van der Waals surface area (Å²) in [5.41, 5.74) is 1.78. The zero-order valence-electron chi connectivity index (χ0n) is 14.1. The highest BCUT2D eigenvalue weighted by atomic mass is 32.1. The van der Waals surface area contributed by atoms with Crippen molar-refractivity contribution in [1.82, 2.24) is 4.90 Å². The van der Waals surface area contributed by atoms with Crippen molar-refractivity contribution >= 4 is 17.4 Å². The number of likely N-dealkylation sites (tertiary alicyclic amines) is 1. The van der Waals surface area contributed by atoms with E-state index in [0.717, 1.165) is 16.9 Å². The Morgan fingerprint density at radius 3 is 2.75 bits per heavy atom. The second kappa shape index (κ2) is 4.99. The van der Waals surface area contributed by atoms with Crippen LogP contribution in [0.25, 0.3) is 10.4 Å². The fraction of sp³-hybridized carbons (Fsp3) is 0.421. The fourth-order valence-electron chi connectivity index (χ4n) is 3.56. The number of hydrogen-bond acceptors (Lipinski definition) is 3. The number of hydrogen-bond donors (Lipinski definition) is 1. The zero-order chi connectivity index (χ0) is 17.1. The van der Waals surface area contributed by atoms with Gasteiger partial charge in [0, 0.05) is 33.8 Å². The molecule has 3 heterocycles. The molecule has 2 aliphatic heterocycles. The summed E-state index contributed by atoms with van der Waals surface area (Å²) < 4.78 is 6.41. The van der Waals surface area contributed by atoms with E-state index in [1.807, 2.05) is 29.5 Å². The molecule has 0 saturated carbocycles. The average molecular weight is 343 g/mol. The maximum atomic E-state index is 11.4. The SMILES string of the molecule is CC(C)(C)c1cc2c(s1)-c1ccccc1OC21CCN(C(=O)O)C1. The van der Waals surface area contributed by atoms with Crippen LogP contribution in [0.3, 0.4) is 0 Å². The molecule has 1 atom stereocenters. The van der Waals surface area contributed by atoms with Gasteiger partial charge in [0.15, 0.2) is 5.60 Å². The van der Waals surface area contributed by atoms with Gasteiger partial charge >= 0.3 is 6.09 Å². The Morgan fingerprint density at radius 1 is 1.33 bits per heavy atom. The summed E-state index contributed by atoms with van der Waals surface area (Å²) in [5, 5.41) is 9.38. The third-order valence-corrected chi connectivity index (χ3v) is 6.50. The van der Waals surface area contributed by atoms with E-state index in [4.69, 9.17) is 4.74 Å². The van der Waals surface area contributed by atoms with E-state index in [1.54, 1.807) is 0 Å². The Morgan fingerprint density at radius 2 is 2.08 bits per heavy atom. The molecule has 4 rings (SSSR count). The Kier molecular flexibility index (Phi) is 3.23. The van der Waals surface area contributed by atoms with Gasteiger partial charge in [-0.05, 0) is 23.6 Å².